The van der Waals surface area contributed by atoms with Crippen molar-refractivity contribution in [2.75, 3.05) is 6.61 Å². The molecule has 138 valence electrons. The normalized spacial score (nSPS) is 27.3. The van der Waals surface area contributed by atoms with Gasteiger partial charge in [0.05, 0.1) is 18.7 Å². The minimum atomic E-state index is -0.224. The van der Waals surface area contributed by atoms with Crippen molar-refractivity contribution >= 4 is 5.91 Å². The van der Waals surface area contributed by atoms with Crippen LogP contribution in [0.4, 0.5) is 0 Å². The molecule has 1 amide bonds. The van der Waals surface area contributed by atoms with Crippen LogP contribution in [0.15, 0.2) is 34.9 Å². The van der Waals surface area contributed by atoms with Crippen molar-refractivity contribution in [3.8, 4) is 0 Å². The van der Waals surface area contributed by atoms with Gasteiger partial charge >= 0.3 is 0 Å². The Bertz CT molecular complexity index is 781. The number of aliphatic hydroxyl groups excluding tert-OH is 1. The first-order valence-electron chi connectivity index (χ1n) is 9.42. The van der Waals surface area contributed by atoms with E-state index in [0.29, 0.717) is 6.42 Å². The van der Waals surface area contributed by atoms with Gasteiger partial charge in [-0.3, -0.25) is 4.79 Å². The molecule has 2 bridgehead atoms. The van der Waals surface area contributed by atoms with E-state index >= 15 is 0 Å². The molecule has 3 heterocycles. The van der Waals surface area contributed by atoms with Crippen molar-refractivity contribution in [2.24, 2.45) is 5.41 Å². The van der Waals surface area contributed by atoms with Crippen molar-refractivity contribution < 1.29 is 14.4 Å². The molecule has 0 aliphatic carbocycles. The summed E-state index contributed by atoms with van der Waals surface area (Å²) in [4.78, 5) is 15.2. The van der Waals surface area contributed by atoms with E-state index in [4.69, 9.17) is 4.52 Å². The van der Waals surface area contributed by atoms with Crippen LogP contribution in [0.1, 0.15) is 41.8 Å². The number of aromatic nitrogens is 1. The van der Waals surface area contributed by atoms with Crippen molar-refractivity contribution in [2.45, 2.75) is 58.0 Å². The predicted octanol–water partition coefficient (Wildman–Crippen LogP) is 2.82. The van der Waals surface area contributed by atoms with Crippen LogP contribution in [0.3, 0.4) is 0 Å². The van der Waals surface area contributed by atoms with Crippen molar-refractivity contribution in [1.82, 2.24) is 10.1 Å². The number of hydrogen-bond donors (Lipinski definition) is 1. The number of benzene rings is 1. The lowest BCUT2D eigenvalue weighted by Crippen LogP contribution is -2.44. The maximum absolute atomic E-state index is 13.1. The summed E-state index contributed by atoms with van der Waals surface area (Å²) < 4.78 is 5.21. The summed E-state index contributed by atoms with van der Waals surface area (Å²) in [5, 5.41) is 14.2. The lowest BCUT2D eigenvalue weighted by molar-refractivity contribution is -0.132. The van der Waals surface area contributed by atoms with Crippen LogP contribution in [0, 0.1) is 19.3 Å². The quantitative estimate of drug-likeness (QED) is 0.897. The average molecular weight is 354 g/mol. The van der Waals surface area contributed by atoms with Gasteiger partial charge in [0.25, 0.3) is 0 Å². The second-order valence-corrected chi connectivity index (χ2v) is 7.91. The minimum absolute atomic E-state index is 0.116. The molecular weight excluding hydrogens is 328 g/mol. The number of fused-ring (bicyclic) bond motifs is 2. The largest absolute Gasteiger partial charge is 0.396 e. The highest BCUT2D eigenvalue weighted by atomic mass is 16.5. The lowest BCUT2D eigenvalue weighted by Gasteiger charge is -2.36. The first-order valence-corrected chi connectivity index (χ1v) is 9.42. The number of aliphatic hydroxyl groups is 1. The minimum Gasteiger partial charge on any atom is -0.396 e. The van der Waals surface area contributed by atoms with Crippen LogP contribution >= 0.6 is 0 Å². The summed E-state index contributed by atoms with van der Waals surface area (Å²) in [6.45, 7) is 3.86. The SMILES string of the molecule is Cc1noc(C)c1CC(=O)N1[C@@H]2CC[C@H]1[C@](CO)(Cc1ccccc1)C2. The Labute approximate surface area is 154 Å². The zero-order valence-corrected chi connectivity index (χ0v) is 15.4. The Morgan fingerprint density at radius 1 is 1.31 bits per heavy atom. The van der Waals surface area contributed by atoms with Gasteiger partial charge < -0.3 is 14.5 Å². The van der Waals surface area contributed by atoms with Gasteiger partial charge in [-0.05, 0) is 45.1 Å². The number of carbonyl (C=O) groups is 1. The van der Waals surface area contributed by atoms with E-state index < -0.39 is 0 Å². The van der Waals surface area contributed by atoms with Crippen molar-refractivity contribution in [3.05, 3.63) is 52.9 Å². The topological polar surface area (TPSA) is 66.6 Å². The summed E-state index contributed by atoms with van der Waals surface area (Å²) in [5.74, 6) is 0.857. The van der Waals surface area contributed by atoms with Crippen LogP contribution in [-0.2, 0) is 17.6 Å². The third kappa shape index (κ3) is 2.75. The number of aryl methyl sites for hydroxylation is 2. The van der Waals surface area contributed by atoms with Gasteiger partial charge in [0.2, 0.25) is 5.91 Å². The van der Waals surface area contributed by atoms with E-state index in [0.717, 1.165) is 42.7 Å². The number of amides is 1. The van der Waals surface area contributed by atoms with Gasteiger partial charge in [0.1, 0.15) is 5.76 Å². The van der Waals surface area contributed by atoms with E-state index in [1.54, 1.807) is 0 Å². The second-order valence-electron chi connectivity index (χ2n) is 7.91. The fourth-order valence-corrected chi connectivity index (χ4v) is 5.08. The molecule has 3 atom stereocenters. The molecule has 0 saturated carbocycles. The van der Waals surface area contributed by atoms with E-state index in [1.165, 1.54) is 5.56 Å². The fraction of sp³-hybridized carbons (Fsp3) is 0.524. The van der Waals surface area contributed by atoms with Crippen LogP contribution in [0.2, 0.25) is 0 Å². The molecule has 0 spiro atoms. The van der Waals surface area contributed by atoms with Gasteiger partial charge in [-0.2, -0.15) is 0 Å². The molecule has 2 fully saturated rings. The Kier molecular flexibility index (Phi) is 4.35. The highest BCUT2D eigenvalue weighted by Crippen LogP contribution is 2.51. The standard InChI is InChI=1S/C21H26N2O3/c1-14-18(15(2)26-22-14)10-20(25)23-17-8-9-19(23)21(12-17,13-24)11-16-6-4-3-5-7-16/h3-7,17,19,24H,8-13H2,1-2H3/t17-,19+,21-/m1/s1. The van der Waals surface area contributed by atoms with E-state index in [9.17, 15) is 9.90 Å². The summed E-state index contributed by atoms with van der Waals surface area (Å²) in [6.07, 6.45) is 4.05. The summed E-state index contributed by atoms with van der Waals surface area (Å²) >= 11 is 0. The predicted molar refractivity (Wildman–Crippen MR) is 97.6 cm³/mol. The van der Waals surface area contributed by atoms with E-state index in [2.05, 4.69) is 22.2 Å². The zero-order chi connectivity index (χ0) is 18.3. The molecule has 2 aliphatic heterocycles. The Morgan fingerprint density at radius 2 is 2.08 bits per heavy atom. The van der Waals surface area contributed by atoms with Crippen molar-refractivity contribution in [1.29, 1.82) is 0 Å². The maximum Gasteiger partial charge on any atom is 0.227 e. The number of hydrogen-bond acceptors (Lipinski definition) is 4. The highest BCUT2D eigenvalue weighted by molar-refractivity contribution is 5.80. The van der Waals surface area contributed by atoms with Gasteiger partial charge in [-0.25, -0.2) is 0 Å². The molecule has 5 nitrogen and oxygen atoms in total. The Hall–Kier alpha value is -2.14. The third-order valence-electron chi connectivity index (χ3n) is 6.36. The Morgan fingerprint density at radius 3 is 2.73 bits per heavy atom. The highest BCUT2D eigenvalue weighted by Gasteiger charge is 2.56. The summed E-state index contributed by atoms with van der Waals surface area (Å²) in [5.41, 5.74) is 2.70. The maximum atomic E-state index is 13.1. The zero-order valence-electron chi connectivity index (χ0n) is 15.4. The van der Waals surface area contributed by atoms with Gasteiger partial charge in [-0.1, -0.05) is 35.5 Å². The number of nitrogens with zero attached hydrogens (tertiary/aromatic N) is 2. The molecule has 4 rings (SSSR count). The second kappa shape index (κ2) is 6.54. The van der Waals surface area contributed by atoms with Gasteiger partial charge in [-0.15, -0.1) is 0 Å². The van der Waals surface area contributed by atoms with Crippen LogP contribution in [0.5, 0.6) is 0 Å². The third-order valence-corrected chi connectivity index (χ3v) is 6.36. The summed E-state index contributed by atoms with van der Waals surface area (Å²) in [6, 6.07) is 10.7. The van der Waals surface area contributed by atoms with Gasteiger partial charge in [0, 0.05) is 23.1 Å². The lowest BCUT2D eigenvalue weighted by atomic mass is 9.70. The molecule has 1 aromatic heterocycles. The first-order chi connectivity index (χ1) is 12.5. The molecule has 2 aromatic rings. The molecule has 2 saturated heterocycles. The summed E-state index contributed by atoms with van der Waals surface area (Å²) in [7, 11) is 0. The number of carbonyl (C=O) groups excluding carboxylic acids is 1. The fourth-order valence-electron chi connectivity index (χ4n) is 5.08. The van der Waals surface area contributed by atoms with Crippen molar-refractivity contribution in [3.63, 3.8) is 0 Å². The molecule has 1 N–H and O–H groups in total. The molecule has 1 aromatic carbocycles. The molecule has 0 unspecified atom stereocenters. The smallest absolute Gasteiger partial charge is 0.227 e. The average Bonchev–Trinajstić information content (AvgIpc) is 3.30. The molecule has 2 aliphatic rings. The molecule has 5 heteroatoms. The van der Waals surface area contributed by atoms with E-state index in [-0.39, 0.29) is 30.0 Å². The van der Waals surface area contributed by atoms with Crippen LogP contribution in [-0.4, -0.2) is 39.8 Å². The molecule has 0 radical (unpaired) electrons. The Balaban J connectivity index is 1.56. The van der Waals surface area contributed by atoms with Crippen LogP contribution in [0.25, 0.3) is 0 Å². The first kappa shape index (κ1) is 17.3. The van der Waals surface area contributed by atoms with Crippen LogP contribution < -0.4 is 0 Å². The monoisotopic (exact) mass is 354 g/mol. The van der Waals surface area contributed by atoms with E-state index in [1.807, 2.05) is 32.0 Å². The molecule has 26 heavy (non-hydrogen) atoms. The molecular formula is C21H26N2O3. The van der Waals surface area contributed by atoms with Gasteiger partial charge in [0.15, 0.2) is 0 Å². The number of rotatable bonds is 5.